The predicted octanol–water partition coefficient (Wildman–Crippen LogP) is 14.1. The molecule has 8 N–H and O–H groups in total. The molecule has 0 radical (unpaired) electrons. The van der Waals surface area contributed by atoms with Crippen molar-refractivity contribution in [3.63, 3.8) is 0 Å². The van der Waals surface area contributed by atoms with E-state index >= 15 is 0 Å². The van der Waals surface area contributed by atoms with Crippen molar-refractivity contribution in [3.8, 4) is 43.7 Å². The van der Waals surface area contributed by atoms with Crippen LogP contribution >= 0.6 is 22.7 Å². The lowest BCUT2D eigenvalue weighted by atomic mass is 10.1. The Hall–Kier alpha value is -12.8. The number of aromatic amines is 4. The van der Waals surface area contributed by atoms with E-state index in [1.54, 1.807) is 78.5 Å². The summed E-state index contributed by atoms with van der Waals surface area (Å²) < 4.78 is 66.4. The summed E-state index contributed by atoms with van der Waals surface area (Å²) in [5.74, 6) is -0.322. The molecule has 0 spiro atoms. The van der Waals surface area contributed by atoms with Gasteiger partial charge in [-0.3, -0.25) is 39.6 Å². The molecular weight excluding hydrogens is 1730 g/mol. The standard InChI is InChI=1S/C25H30FN7O.C24H29FN6O2.C23H28FN7OS.C22H25FN6O2S/c1-31-11-13-32(14-12-31)20-5-6-22(24(15-20)33-9-7-19(26)8-10-33)30-25(34)23-4-2-3-21(29-23)18-16-27-28-17-18;1-29-10-12-30(13-11-29)19-2-3-20(21(14-19)31-8-6-18(25)7-9-31)28-24(32)23-5-4-22(33-23)17-15-26-27-16-17;1-29-8-10-30(11-9-29)18-2-3-19(21(12-18)31-6-4-17(24)5-7-31)27-22(32)20-15-33-23(28-20)16-13-25-26-14-16;23-16-3-5-29(6-4-16)20-11-17(28-7-9-31-10-8-28)1-2-18(20)26-21(30)19-14-32-22(27-19)15-12-24-25-13-15/h2-6,15-17,19H,7-14H2,1H3,(H,27,28)(H,30,34);2-5,14-16,18H,6-13H2,1H3,(H,26,27)(H,28,32);2-3,12-15,17H,4-11H2,1H3,(H,25,26)(H,27,32);1-2,11-14,16H,3-10H2,(H,24,25)(H,26,30). The molecule has 8 aliphatic heterocycles. The topological polar surface area (TPSA) is 328 Å². The Kier molecular flexibility index (Phi) is 29.8. The van der Waals surface area contributed by atoms with E-state index in [9.17, 15) is 36.7 Å². The number of thiazole rings is 2. The fourth-order valence-corrected chi connectivity index (χ4v) is 18.9. The number of pyridine rings is 1. The number of rotatable bonds is 20. The van der Waals surface area contributed by atoms with Crippen LogP contribution in [-0.2, 0) is 4.74 Å². The molecule has 4 aromatic carbocycles. The third-order valence-electron chi connectivity index (χ3n) is 25.3. The zero-order valence-electron chi connectivity index (χ0n) is 74.4. The number of halogens is 4. The van der Waals surface area contributed by atoms with E-state index in [0.717, 1.165) is 181 Å². The van der Waals surface area contributed by atoms with Gasteiger partial charge in [0.05, 0.1) is 94.8 Å². The molecule has 0 atom stereocenters. The molecule has 694 valence electrons. The van der Waals surface area contributed by atoms with Crippen molar-refractivity contribution in [2.24, 2.45) is 0 Å². The van der Waals surface area contributed by atoms with Gasteiger partial charge in [0.15, 0.2) is 5.76 Å². The first kappa shape index (κ1) is 91.2. The van der Waals surface area contributed by atoms with Crippen LogP contribution in [0.25, 0.3) is 43.7 Å². The molecule has 20 rings (SSSR count). The molecule has 32 nitrogen and oxygen atoms in total. The summed E-state index contributed by atoms with van der Waals surface area (Å²) in [4.78, 5) is 90.6. The SMILES string of the molecule is CN1CCN(c2ccc(NC(=O)c3ccc(-c4cn[nH]c4)o3)c(N3CCC(F)CC3)c2)CC1.CN1CCN(c2ccc(NC(=O)c3cccc(-c4cn[nH]c4)n3)c(N3CCC(F)CC3)c2)CC1.CN1CCN(c2ccc(NC(=O)c3csc(-c4cn[nH]c4)n3)c(N3CCC(F)CC3)c2)CC1.O=C(Nc1ccc(N2CCOCC2)cc1N1CCC(F)CC1)c1csc(-c2cn[nH]c2)n1. The molecule has 12 aromatic rings. The van der Waals surface area contributed by atoms with Crippen LogP contribution in [0.15, 0.2) is 168 Å². The molecule has 0 unspecified atom stereocenters. The smallest absolute Gasteiger partial charge is 0.291 e. The van der Waals surface area contributed by atoms with E-state index < -0.39 is 24.7 Å². The molecule has 8 fully saturated rings. The van der Waals surface area contributed by atoms with E-state index in [2.05, 4.69) is 188 Å². The van der Waals surface area contributed by atoms with Gasteiger partial charge in [0.2, 0.25) is 0 Å². The second-order valence-electron chi connectivity index (χ2n) is 34.3. The Morgan fingerprint density at radius 2 is 0.674 bits per heavy atom. The van der Waals surface area contributed by atoms with Crippen molar-refractivity contribution < 1.29 is 45.9 Å². The molecule has 4 amide bonds. The summed E-state index contributed by atoms with van der Waals surface area (Å²) in [5.41, 5.74) is 16.1. The van der Waals surface area contributed by atoms with Gasteiger partial charge in [-0.05, 0) is 170 Å². The van der Waals surface area contributed by atoms with Crippen molar-refractivity contribution in [1.82, 2.24) is 70.4 Å². The number of likely N-dealkylation sites (N-methyl/N-ethyl adjacent to an activating group) is 3. The summed E-state index contributed by atoms with van der Waals surface area (Å²) in [7, 11) is 6.41. The third-order valence-corrected chi connectivity index (χ3v) is 27.1. The first-order valence-corrected chi connectivity index (χ1v) is 47.1. The zero-order chi connectivity index (χ0) is 91.0. The summed E-state index contributed by atoms with van der Waals surface area (Å²) >= 11 is 2.80. The highest BCUT2D eigenvalue weighted by Crippen LogP contribution is 2.41. The summed E-state index contributed by atoms with van der Waals surface area (Å²) in [6, 6.07) is 33.2. The molecule has 0 saturated carbocycles. The van der Waals surface area contributed by atoms with Gasteiger partial charge in [-0.1, -0.05) is 6.07 Å². The molecule has 0 aliphatic carbocycles. The Morgan fingerprint density at radius 1 is 0.348 bits per heavy atom. The number of nitrogens with one attached hydrogen (secondary N) is 8. The average molecular weight is 1840 g/mol. The highest BCUT2D eigenvalue weighted by Gasteiger charge is 2.31. The van der Waals surface area contributed by atoms with Gasteiger partial charge in [-0.15, -0.1) is 22.7 Å². The number of alkyl halides is 4. The van der Waals surface area contributed by atoms with Crippen LogP contribution in [0, 0.1) is 0 Å². The number of carbonyl (C=O) groups excluding carboxylic acids is 4. The lowest BCUT2D eigenvalue weighted by Crippen LogP contribution is -2.44. The van der Waals surface area contributed by atoms with Gasteiger partial charge in [0.25, 0.3) is 23.6 Å². The van der Waals surface area contributed by atoms with Gasteiger partial charge >= 0.3 is 0 Å². The number of hydrogen-bond acceptors (Lipinski definition) is 26. The van der Waals surface area contributed by atoms with E-state index in [4.69, 9.17) is 9.15 Å². The number of hydrogen-bond donors (Lipinski definition) is 8. The maximum Gasteiger partial charge on any atom is 0.291 e. The number of H-pyrrole nitrogens is 4. The Bertz CT molecular complexity index is 5570. The van der Waals surface area contributed by atoms with Crippen LogP contribution in [0.3, 0.4) is 0 Å². The molecular formula is C94H112F4N26O6S2. The number of nitrogens with zero attached hydrogens (tertiary/aromatic N) is 18. The minimum Gasteiger partial charge on any atom is -0.451 e. The number of benzene rings is 4. The van der Waals surface area contributed by atoms with Gasteiger partial charge < -0.3 is 84.3 Å². The van der Waals surface area contributed by atoms with Crippen LogP contribution in [0.4, 0.5) is 85.8 Å². The van der Waals surface area contributed by atoms with E-state index in [0.29, 0.717) is 157 Å². The number of morpholine rings is 1. The maximum atomic E-state index is 13.8. The lowest BCUT2D eigenvalue weighted by molar-refractivity contribution is 0.0993. The third kappa shape index (κ3) is 23.0. The number of anilines is 12. The van der Waals surface area contributed by atoms with Crippen molar-refractivity contribution in [2.45, 2.75) is 76.1 Å². The summed E-state index contributed by atoms with van der Waals surface area (Å²) in [5, 5.41) is 43.9. The van der Waals surface area contributed by atoms with Gasteiger partial charge in [0.1, 0.15) is 57.5 Å². The van der Waals surface area contributed by atoms with Crippen molar-refractivity contribution in [3.05, 3.63) is 186 Å². The molecule has 8 aliphatic rings. The average Bonchev–Trinajstić information content (AvgIpc) is 1.55. The van der Waals surface area contributed by atoms with Gasteiger partial charge in [-0.25, -0.2) is 32.5 Å². The first-order valence-electron chi connectivity index (χ1n) is 45.3. The highest BCUT2D eigenvalue weighted by atomic mass is 32.1. The molecule has 8 saturated heterocycles. The number of amides is 4. The second kappa shape index (κ2) is 43.1. The summed E-state index contributed by atoms with van der Waals surface area (Å²) in [6.45, 7) is 19.9. The van der Waals surface area contributed by atoms with Crippen LogP contribution in [0.5, 0.6) is 0 Å². The Labute approximate surface area is 771 Å². The number of carbonyl (C=O) groups is 4. The van der Waals surface area contributed by atoms with Crippen molar-refractivity contribution in [1.29, 1.82) is 0 Å². The predicted molar refractivity (Wildman–Crippen MR) is 513 cm³/mol. The van der Waals surface area contributed by atoms with Gasteiger partial charge in [-0.2, -0.15) is 20.4 Å². The monoisotopic (exact) mass is 1840 g/mol. The van der Waals surface area contributed by atoms with Crippen LogP contribution in [-0.4, -0.2) is 297 Å². The molecule has 8 aromatic heterocycles. The minimum absolute atomic E-state index is 0.225. The quantitative estimate of drug-likeness (QED) is 0.0329. The largest absolute Gasteiger partial charge is 0.451 e. The lowest BCUT2D eigenvalue weighted by Gasteiger charge is -2.36. The van der Waals surface area contributed by atoms with Crippen LogP contribution in [0.1, 0.15) is 93.4 Å². The van der Waals surface area contributed by atoms with Crippen molar-refractivity contribution >= 4 is 115 Å². The minimum atomic E-state index is -0.761. The van der Waals surface area contributed by atoms with E-state index in [1.807, 2.05) is 48.5 Å². The van der Waals surface area contributed by atoms with E-state index in [1.165, 1.54) is 22.7 Å². The van der Waals surface area contributed by atoms with Gasteiger partial charge in [0, 0.05) is 219 Å². The first-order chi connectivity index (χ1) is 64.4. The maximum absolute atomic E-state index is 13.8. The molecule has 0 bridgehead atoms. The fourth-order valence-electron chi connectivity index (χ4n) is 17.3. The van der Waals surface area contributed by atoms with Crippen LogP contribution in [0.2, 0.25) is 0 Å². The van der Waals surface area contributed by atoms with E-state index in [-0.39, 0.29) is 29.4 Å². The second-order valence-corrected chi connectivity index (χ2v) is 36.1. The number of piperidine rings is 4. The fraction of sp³-hybridized carbons (Fsp3) is 0.415. The number of ether oxygens (including phenoxy) is 1. The zero-order valence-corrected chi connectivity index (χ0v) is 76.0. The number of piperazine rings is 3. The summed E-state index contributed by atoms with van der Waals surface area (Å²) in [6.07, 6.45) is 14.6. The molecule has 16 heterocycles. The number of furan rings is 1. The Morgan fingerprint density at radius 3 is 1.02 bits per heavy atom. The molecule has 132 heavy (non-hydrogen) atoms. The Balaban J connectivity index is 0.000000123. The molecule has 38 heteroatoms. The normalized spacial score (nSPS) is 17.8. The van der Waals surface area contributed by atoms with Crippen molar-refractivity contribution in [2.75, 3.05) is 239 Å². The van der Waals surface area contributed by atoms with Crippen LogP contribution < -0.4 is 60.5 Å². The highest BCUT2D eigenvalue weighted by molar-refractivity contribution is 7.13. The number of aromatic nitrogens is 11.